The van der Waals surface area contributed by atoms with Gasteiger partial charge in [0, 0.05) is 19.2 Å². The second-order valence-electron chi connectivity index (χ2n) is 6.18. The molecule has 1 saturated heterocycles. The number of nitrogens with zero attached hydrogens (tertiary/aromatic N) is 3. The second-order valence-corrected chi connectivity index (χ2v) is 10.3. The lowest BCUT2D eigenvalue weighted by Crippen LogP contribution is -2.11. The monoisotopic (exact) mass is 435 g/mol. The molecule has 26 heavy (non-hydrogen) atoms. The van der Waals surface area contributed by atoms with Gasteiger partial charge in [-0.2, -0.15) is 0 Å². The summed E-state index contributed by atoms with van der Waals surface area (Å²) in [6, 6.07) is 5.23. The Morgan fingerprint density at radius 1 is 1.31 bits per heavy atom. The molecule has 1 aliphatic heterocycles. The summed E-state index contributed by atoms with van der Waals surface area (Å²) < 4.78 is 30.7. The molecular weight excluding hydrogens is 417 g/mol. The molecule has 0 bridgehead atoms. The number of ether oxygens (including phenoxy) is 1. The van der Waals surface area contributed by atoms with E-state index in [1.165, 1.54) is 11.8 Å². The maximum absolute atomic E-state index is 11.6. The molecular formula is C16H19Cl2N3O3S2. The Morgan fingerprint density at radius 2 is 2.04 bits per heavy atom. The summed E-state index contributed by atoms with van der Waals surface area (Å²) in [5, 5.41) is 10.1. The van der Waals surface area contributed by atoms with Gasteiger partial charge in [-0.25, -0.2) is 8.42 Å². The van der Waals surface area contributed by atoms with Crippen LogP contribution < -0.4 is 4.74 Å². The third-order valence-electron chi connectivity index (χ3n) is 4.20. The number of hydrogen-bond donors (Lipinski definition) is 0. The summed E-state index contributed by atoms with van der Waals surface area (Å²) in [6.45, 7) is 0.428. The Labute approximate surface area is 167 Å². The normalized spacial score (nSPS) is 19.0. The Hall–Kier alpha value is -0.960. The lowest BCUT2D eigenvalue weighted by molar-refractivity contribution is 0.344. The maximum atomic E-state index is 11.6. The molecule has 1 atom stereocenters. The van der Waals surface area contributed by atoms with E-state index in [0.29, 0.717) is 41.0 Å². The Balaban J connectivity index is 1.51. The maximum Gasteiger partial charge on any atom is 0.191 e. The second kappa shape index (κ2) is 8.37. The van der Waals surface area contributed by atoms with Crippen LogP contribution in [0.3, 0.4) is 0 Å². The third kappa shape index (κ3) is 4.85. The van der Waals surface area contributed by atoms with Gasteiger partial charge in [0.2, 0.25) is 0 Å². The van der Waals surface area contributed by atoms with E-state index in [4.69, 9.17) is 27.9 Å². The molecule has 10 heteroatoms. The molecule has 1 aromatic carbocycles. The molecule has 2 aromatic rings. The minimum absolute atomic E-state index is 0.131. The molecule has 0 radical (unpaired) electrons. The fourth-order valence-corrected chi connectivity index (χ4v) is 5.95. The van der Waals surface area contributed by atoms with Crippen molar-refractivity contribution in [2.75, 3.05) is 23.9 Å². The van der Waals surface area contributed by atoms with Gasteiger partial charge in [0.1, 0.15) is 5.82 Å². The van der Waals surface area contributed by atoms with Crippen molar-refractivity contribution in [2.45, 2.75) is 18.0 Å². The van der Waals surface area contributed by atoms with Gasteiger partial charge < -0.3 is 9.30 Å². The largest absolute Gasteiger partial charge is 0.490 e. The molecule has 0 spiro atoms. The van der Waals surface area contributed by atoms with E-state index in [0.717, 1.165) is 11.0 Å². The summed E-state index contributed by atoms with van der Waals surface area (Å²) >= 11 is 13.7. The van der Waals surface area contributed by atoms with Crippen LogP contribution in [-0.4, -0.2) is 47.0 Å². The van der Waals surface area contributed by atoms with E-state index >= 15 is 0 Å². The molecule has 1 aromatic heterocycles. The highest BCUT2D eigenvalue weighted by atomic mass is 35.5. The van der Waals surface area contributed by atoms with Crippen LogP contribution in [0.15, 0.2) is 23.4 Å². The van der Waals surface area contributed by atoms with Crippen molar-refractivity contribution in [1.82, 2.24) is 14.8 Å². The summed E-state index contributed by atoms with van der Waals surface area (Å²) in [5.41, 5.74) is 0. The average Bonchev–Trinajstić information content (AvgIpc) is 3.09. The predicted octanol–water partition coefficient (Wildman–Crippen LogP) is 3.27. The lowest BCUT2D eigenvalue weighted by Gasteiger charge is -2.10. The van der Waals surface area contributed by atoms with Crippen molar-refractivity contribution in [3.05, 3.63) is 34.1 Å². The zero-order chi connectivity index (χ0) is 18.7. The van der Waals surface area contributed by atoms with Crippen LogP contribution in [0.1, 0.15) is 12.2 Å². The Bertz CT molecular complexity index is 867. The number of rotatable bonds is 7. The highest BCUT2D eigenvalue weighted by Gasteiger charge is 2.29. The summed E-state index contributed by atoms with van der Waals surface area (Å²) in [6.07, 6.45) is 1.33. The van der Waals surface area contributed by atoms with Crippen molar-refractivity contribution in [3.8, 4) is 5.75 Å². The molecule has 1 unspecified atom stereocenters. The molecule has 1 fully saturated rings. The van der Waals surface area contributed by atoms with Crippen LogP contribution >= 0.6 is 35.0 Å². The van der Waals surface area contributed by atoms with Crippen molar-refractivity contribution in [1.29, 1.82) is 0 Å². The fraction of sp³-hybridized carbons (Fsp3) is 0.500. The van der Waals surface area contributed by atoms with E-state index < -0.39 is 9.84 Å². The molecule has 0 amide bonds. The van der Waals surface area contributed by atoms with Crippen molar-refractivity contribution in [3.63, 3.8) is 0 Å². The number of halogens is 2. The summed E-state index contributed by atoms with van der Waals surface area (Å²) in [7, 11) is -0.978. The highest BCUT2D eigenvalue weighted by Crippen LogP contribution is 2.32. The molecule has 2 heterocycles. The van der Waals surface area contributed by atoms with Gasteiger partial charge in [0.15, 0.2) is 20.7 Å². The van der Waals surface area contributed by atoms with Crippen LogP contribution in [0.2, 0.25) is 10.0 Å². The van der Waals surface area contributed by atoms with Crippen LogP contribution in [0, 0.1) is 5.92 Å². The molecule has 3 rings (SSSR count). The van der Waals surface area contributed by atoms with Gasteiger partial charge in [0.25, 0.3) is 0 Å². The first-order valence-electron chi connectivity index (χ1n) is 8.14. The fourth-order valence-electron chi connectivity index (χ4n) is 2.84. The number of para-hydroxylation sites is 1. The van der Waals surface area contributed by atoms with E-state index in [1.807, 2.05) is 11.6 Å². The Kier molecular flexibility index (Phi) is 6.37. The van der Waals surface area contributed by atoms with E-state index in [2.05, 4.69) is 10.2 Å². The standard InChI is InChI=1S/C16H19Cl2N3O3S2/c1-21-14(9-11-5-8-26(22,23)10-11)19-20-16(21)25-7-6-24-15-12(17)3-2-4-13(15)18/h2-4,11H,5-10H2,1H3. The van der Waals surface area contributed by atoms with Crippen LogP contribution in [-0.2, 0) is 23.3 Å². The van der Waals surface area contributed by atoms with Gasteiger partial charge in [0.05, 0.1) is 28.2 Å². The van der Waals surface area contributed by atoms with Crippen molar-refractivity contribution in [2.24, 2.45) is 13.0 Å². The molecule has 0 N–H and O–H groups in total. The number of sulfone groups is 1. The SMILES string of the molecule is Cn1c(CC2CCS(=O)(=O)C2)nnc1SCCOc1c(Cl)cccc1Cl. The summed E-state index contributed by atoms with van der Waals surface area (Å²) in [4.78, 5) is 0. The zero-order valence-electron chi connectivity index (χ0n) is 14.2. The van der Waals surface area contributed by atoms with E-state index in [9.17, 15) is 8.42 Å². The first-order chi connectivity index (χ1) is 12.4. The van der Waals surface area contributed by atoms with E-state index in [-0.39, 0.29) is 17.4 Å². The van der Waals surface area contributed by atoms with Gasteiger partial charge in [-0.15, -0.1) is 10.2 Å². The quantitative estimate of drug-likeness (QED) is 0.490. The Morgan fingerprint density at radius 3 is 2.69 bits per heavy atom. The molecule has 1 aliphatic rings. The molecule has 142 valence electrons. The molecule has 6 nitrogen and oxygen atoms in total. The minimum Gasteiger partial charge on any atom is -0.490 e. The van der Waals surface area contributed by atoms with Crippen LogP contribution in [0.4, 0.5) is 0 Å². The molecule has 0 saturated carbocycles. The number of aromatic nitrogens is 3. The summed E-state index contributed by atoms with van der Waals surface area (Å²) in [5.74, 6) is 2.60. The van der Waals surface area contributed by atoms with E-state index in [1.54, 1.807) is 18.2 Å². The first-order valence-corrected chi connectivity index (χ1v) is 11.7. The first kappa shape index (κ1) is 19.8. The van der Waals surface area contributed by atoms with Gasteiger partial charge in [-0.05, 0) is 24.5 Å². The van der Waals surface area contributed by atoms with Crippen LogP contribution in [0.25, 0.3) is 0 Å². The van der Waals surface area contributed by atoms with Gasteiger partial charge >= 0.3 is 0 Å². The number of thioether (sulfide) groups is 1. The van der Waals surface area contributed by atoms with Crippen molar-refractivity contribution < 1.29 is 13.2 Å². The smallest absolute Gasteiger partial charge is 0.191 e. The van der Waals surface area contributed by atoms with Gasteiger partial charge in [-0.1, -0.05) is 41.0 Å². The topological polar surface area (TPSA) is 74.1 Å². The van der Waals surface area contributed by atoms with Crippen molar-refractivity contribution >= 4 is 44.8 Å². The lowest BCUT2D eigenvalue weighted by atomic mass is 10.1. The average molecular weight is 436 g/mol. The molecule has 0 aliphatic carbocycles. The number of benzene rings is 1. The predicted molar refractivity (Wildman–Crippen MR) is 104 cm³/mol. The zero-order valence-corrected chi connectivity index (χ0v) is 17.3. The number of hydrogen-bond acceptors (Lipinski definition) is 6. The highest BCUT2D eigenvalue weighted by molar-refractivity contribution is 7.99. The van der Waals surface area contributed by atoms with Crippen LogP contribution in [0.5, 0.6) is 5.75 Å². The van der Waals surface area contributed by atoms with Gasteiger partial charge in [-0.3, -0.25) is 0 Å². The minimum atomic E-state index is -2.87. The third-order valence-corrected chi connectivity index (χ3v) is 7.62.